The number of rotatable bonds is 3. The minimum Gasteiger partial charge on any atom is -0.334 e. The van der Waals surface area contributed by atoms with Gasteiger partial charge in [0.1, 0.15) is 10.7 Å². The Kier molecular flexibility index (Phi) is 5.40. The first-order valence-electron chi connectivity index (χ1n) is 9.01. The van der Waals surface area contributed by atoms with E-state index in [-0.39, 0.29) is 11.9 Å². The summed E-state index contributed by atoms with van der Waals surface area (Å²) < 4.78 is 0. The van der Waals surface area contributed by atoms with Gasteiger partial charge in [-0.05, 0) is 36.1 Å². The van der Waals surface area contributed by atoms with Crippen LogP contribution >= 0.6 is 22.7 Å². The van der Waals surface area contributed by atoms with Crippen molar-refractivity contribution in [2.75, 3.05) is 31.5 Å². The molecule has 1 aliphatic rings. The van der Waals surface area contributed by atoms with Crippen molar-refractivity contribution >= 4 is 40.3 Å². The van der Waals surface area contributed by atoms with Crippen molar-refractivity contribution < 1.29 is 9.59 Å². The molecule has 1 saturated heterocycles. The van der Waals surface area contributed by atoms with Crippen LogP contribution in [0.1, 0.15) is 16.1 Å². The van der Waals surface area contributed by atoms with Crippen LogP contribution in [0.25, 0.3) is 9.88 Å². The predicted octanol–water partition coefficient (Wildman–Crippen LogP) is 4.17. The van der Waals surface area contributed by atoms with E-state index in [4.69, 9.17) is 0 Å². The third-order valence-corrected chi connectivity index (χ3v) is 6.46. The molecule has 1 N–H and O–H groups in total. The number of aryl methyl sites for hydroxylation is 1. The lowest BCUT2D eigenvalue weighted by atomic mass is 10.2. The fraction of sp³-hybridized carbons (Fsp3) is 0.250. The van der Waals surface area contributed by atoms with Crippen LogP contribution in [0.2, 0.25) is 0 Å². The highest BCUT2D eigenvalue weighted by Gasteiger charge is 2.26. The molecule has 0 aliphatic carbocycles. The molecular formula is C20H20N4O2S2. The molecule has 0 radical (unpaired) electrons. The Morgan fingerprint density at radius 3 is 2.54 bits per heavy atom. The Morgan fingerprint density at radius 1 is 1.04 bits per heavy atom. The summed E-state index contributed by atoms with van der Waals surface area (Å²) in [4.78, 5) is 34.3. The number of thiophene rings is 1. The van der Waals surface area contributed by atoms with E-state index in [9.17, 15) is 9.59 Å². The van der Waals surface area contributed by atoms with Crippen LogP contribution in [0.3, 0.4) is 0 Å². The summed E-state index contributed by atoms with van der Waals surface area (Å²) >= 11 is 3.10. The number of benzene rings is 1. The van der Waals surface area contributed by atoms with Crippen LogP contribution in [0.4, 0.5) is 10.5 Å². The van der Waals surface area contributed by atoms with Crippen LogP contribution in [0.15, 0.2) is 47.2 Å². The van der Waals surface area contributed by atoms with Gasteiger partial charge >= 0.3 is 6.03 Å². The number of amides is 3. The number of urea groups is 1. The normalized spacial score (nSPS) is 14.2. The number of aromatic nitrogens is 1. The first-order chi connectivity index (χ1) is 13.6. The molecule has 3 amide bonds. The average Bonchev–Trinajstić information content (AvgIpc) is 3.39. The Labute approximate surface area is 171 Å². The summed E-state index contributed by atoms with van der Waals surface area (Å²) in [5, 5.41) is 7.60. The topological polar surface area (TPSA) is 65.5 Å². The molecular weight excluding hydrogens is 392 g/mol. The van der Waals surface area contributed by atoms with Gasteiger partial charge in [-0.2, -0.15) is 0 Å². The Balaban J connectivity index is 1.33. The number of piperazine rings is 1. The molecule has 2 aromatic heterocycles. The third kappa shape index (κ3) is 4.07. The second-order valence-corrected chi connectivity index (χ2v) is 8.40. The van der Waals surface area contributed by atoms with Gasteiger partial charge in [0, 0.05) is 37.2 Å². The van der Waals surface area contributed by atoms with Crippen molar-refractivity contribution in [3.63, 3.8) is 0 Å². The number of nitrogens with one attached hydrogen (secondary N) is 1. The molecule has 1 aromatic carbocycles. The molecule has 3 heterocycles. The van der Waals surface area contributed by atoms with Gasteiger partial charge in [-0.15, -0.1) is 22.7 Å². The van der Waals surface area contributed by atoms with Crippen molar-refractivity contribution in [1.82, 2.24) is 14.8 Å². The molecule has 3 aromatic rings. The van der Waals surface area contributed by atoms with Crippen LogP contribution in [0.5, 0.6) is 0 Å². The van der Waals surface area contributed by atoms with Gasteiger partial charge in [-0.1, -0.05) is 18.2 Å². The van der Waals surface area contributed by atoms with Crippen molar-refractivity contribution in [2.24, 2.45) is 0 Å². The van der Waals surface area contributed by atoms with Crippen LogP contribution in [0, 0.1) is 6.92 Å². The molecule has 0 unspecified atom stereocenters. The van der Waals surface area contributed by atoms with E-state index in [0.29, 0.717) is 31.9 Å². The van der Waals surface area contributed by atoms with Crippen LogP contribution < -0.4 is 5.32 Å². The van der Waals surface area contributed by atoms with Crippen LogP contribution in [-0.2, 0) is 0 Å². The van der Waals surface area contributed by atoms with Crippen molar-refractivity contribution in [2.45, 2.75) is 6.92 Å². The lowest BCUT2D eigenvalue weighted by molar-refractivity contribution is 0.0667. The zero-order valence-electron chi connectivity index (χ0n) is 15.4. The number of nitrogens with zero attached hydrogens (tertiary/aromatic N) is 3. The summed E-state index contributed by atoms with van der Waals surface area (Å²) in [6, 6.07) is 11.6. The molecule has 1 aliphatic heterocycles. The zero-order valence-corrected chi connectivity index (χ0v) is 17.1. The zero-order chi connectivity index (χ0) is 19.5. The molecule has 0 saturated carbocycles. The molecule has 4 rings (SSSR count). The lowest BCUT2D eigenvalue weighted by Crippen LogP contribution is -2.51. The van der Waals surface area contributed by atoms with E-state index in [2.05, 4.69) is 10.3 Å². The summed E-state index contributed by atoms with van der Waals surface area (Å²) in [6.07, 6.45) is 0. The summed E-state index contributed by atoms with van der Waals surface area (Å²) in [6.45, 7) is 4.01. The minimum atomic E-state index is -0.133. The highest BCUT2D eigenvalue weighted by atomic mass is 32.1. The van der Waals surface area contributed by atoms with Crippen molar-refractivity contribution in [1.29, 1.82) is 0 Å². The molecule has 28 heavy (non-hydrogen) atoms. The molecule has 0 spiro atoms. The van der Waals surface area contributed by atoms with Gasteiger partial charge in [0.15, 0.2) is 0 Å². The lowest BCUT2D eigenvalue weighted by Gasteiger charge is -2.34. The molecule has 1 fully saturated rings. The second kappa shape index (κ2) is 8.12. The highest BCUT2D eigenvalue weighted by molar-refractivity contribution is 7.20. The quantitative estimate of drug-likeness (QED) is 0.702. The number of carbonyl (C=O) groups is 2. The van der Waals surface area contributed by atoms with Gasteiger partial charge in [0.25, 0.3) is 5.91 Å². The molecule has 8 heteroatoms. The molecule has 0 bridgehead atoms. The Bertz CT molecular complexity index is 976. The van der Waals surface area contributed by atoms with Gasteiger partial charge in [-0.25, -0.2) is 9.78 Å². The first-order valence-corrected chi connectivity index (χ1v) is 10.8. The largest absolute Gasteiger partial charge is 0.334 e. The SMILES string of the molecule is Cc1cccc(NC(=O)N2CCN(C(=O)c3csc(-c4cccs4)n3)CC2)c1. The number of thiazole rings is 1. The van der Waals surface area contributed by atoms with Gasteiger partial charge in [0.05, 0.1) is 4.88 Å². The number of anilines is 1. The van der Waals surface area contributed by atoms with Crippen molar-refractivity contribution in [3.05, 3.63) is 58.4 Å². The van der Waals surface area contributed by atoms with E-state index in [1.807, 2.05) is 54.1 Å². The van der Waals surface area contributed by atoms with Gasteiger partial charge in [0.2, 0.25) is 0 Å². The third-order valence-electron chi connectivity index (χ3n) is 4.58. The Hall–Kier alpha value is -2.71. The van der Waals surface area contributed by atoms with E-state index >= 15 is 0 Å². The van der Waals surface area contributed by atoms with Gasteiger partial charge < -0.3 is 15.1 Å². The average molecular weight is 413 g/mol. The standard InChI is InChI=1S/C20H20N4O2S2/c1-14-4-2-5-15(12-14)21-20(26)24-9-7-23(8-10-24)19(25)16-13-28-18(22-16)17-6-3-11-27-17/h2-6,11-13H,7-10H2,1H3,(H,21,26). The van der Waals surface area contributed by atoms with E-state index in [0.717, 1.165) is 21.1 Å². The molecule has 6 nitrogen and oxygen atoms in total. The molecule has 144 valence electrons. The Morgan fingerprint density at radius 2 is 1.82 bits per heavy atom. The first kappa shape index (κ1) is 18.6. The summed E-state index contributed by atoms with van der Waals surface area (Å²) in [7, 11) is 0. The fourth-order valence-electron chi connectivity index (χ4n) is 3.09. The predicted molar refractivity (Wildman–Crippen MR) is 113 cm³/mol. The maximum Gasteiger partial charge on any atom is 0.321 e. The monoisotopic (exact) mass is 412 g/mol. The summed E-state index contributed by atoms with van der Waals surface area (Å²) in [5.41, 5.74) is 2.36. The second-order valence-electron chi connectivity index (χ2n) is 6.59. The van der Waals surface area contributed by atoms with Gasteiger partial charge in [-0.3, -0.25) is 4.79 Å². The maximum absolute atomic E-state index is 12.7. The highest BCUT2D eigenvalue weighted by Crippen LogP contribution is 2.28. The number of hydrogen-bond donors (Lipinski definition) is 1. The number of hydrogen-bond acceptors (Lipinski definition) is 5. The maximum atomic E-state index is 12.7. The smallest absolute Gasteiger partial charge is 0.321 e. The number of carbonyl (C=O) groups excluding carboxylic acids is 2. The summed E-state index contributed by atoms with van der Waals surface area (Å²) in [5.74, 6) is -0.0715. The fourth-order valence-corrected chi connectivity index (χ4v) is 4.69. The van der Waals surface area contributed by atoms with E-state index in [1.165, 1.54) is 11.3 Å². The van der Waals surface area contributed by atoms with E-state index in [1.54, 1.807) is 21.1 Å². The minimum absolute atomic E-state index is 0.0715. The van der Waals surface area contributed by atoms with Crippen molar-refractivity contribution in [3.8, 4) is 9.88 Å². The van der Waals surface area contributed by atoms with E-state index < -0.39 is 0 Å². The molecule has 0 atom stereocenters. The van der Waals surface area contributed by atoms with Crippen LogP contribution in [-0.4, -0.2) is 52.9 Å².